The minimum Gasteiger partial charge on any atom is -0.496 e. The number of ether oxygens (including phenoxy) is 1. The summed E-state index contributed by atoms with van der Waals surface area (Å²) in [5, 5.41) is 3.00. The molecule has 1 N–H and O–H groups in total. The van der Waals surface area contributed by atoms with E-state index in [-0.39, 0.29) is 22.5 Å². The monoisotopic (exact) mass is 317 g/mol. The molecule has 0 radical (unpaired) electrons. The first-order valence-corrected chi connectivity index (χ1v) is 8.09. The summed E-state index contributed by atoms with van der Waals surface area (Å²) in [5.74, 6) is 0.701. The van der Waals surface area contributed by atoms with E-state index in [9.17, 15) is 9.59 Å². The second-order valence-corrected chi connectivity index (χ2v) is 7.93. The quantitative estimate of drug-likeness (QED) is 0.924. The zero-order valence-corrected chi connectivity index (χ0v) is 14.8. The Balaban J connectivity index is 2.10. The van der Waals surface area contributed by atoms with Crippen LogP contribution in [0.25, 0.3) is 0 Å². The van der Waals surface area contributed by atoms with E-state index in [0.29, 0.717) is 30.7 Å². The van der Waals surface area contributed by atoms with Gasteiger partial charge in [0.05, 0.1) is 12.7 Å². The van der Waals surface area contributed by atoms with Gasteiger partial charge in [0.1, 0.15) is 11.5 Å². The van der Waals surface area contributed by atoms with Crippen LogP contribution in [0.15, 0.2) is 18.2 Å². The van der Waals surface area contributed by atoms with Gasteiger partial charge in [0.25, 0.3) is 5.91 Å². The van der Waals surface area contributed by atoms with Crippen molar-refractivity contribution in [1.29, 1.82) is 0 Å². The minimum atomic E-state index is -0.189. The molecule has 4 heteroatoms. The van der Waals surface area contributed by atoms with E-state index in [1.54, 1.807) is 13.2 Å². The molecule has 1 fully saturated rings. The Bertz CT molecular complexity index is 621. The molecule has 126 valence electrons. The first-order chi connectivity index (χ1) is 10.6. The number of nitrogens with one attached hydrogen (secondary N) is 1. The summed E-state index contributed by atoms with van der Waals surface area (Å²) in [7, 11) is 1.56. The number of Topliss-reactive ketones (excluding diaryl/α,β-unsaturated/α-hetero) is 1. The fourth-order valence-electron chi connectivity index (χ4n) is 3.87. The normalized spacial score (nSPS) is 23.4. The molecule has 1 aliphatic carbocycles. The lowest BCUT2D eigenvalue weighted by Gasteiger charge is -2.42. The van der Waals surface area contributed by atoms with Gasteiger partial charge in [0.15, 0.2) is 0 Å². The lowest BCUT2D eigenvalue weighted by atomic mass is 9.64. The van der Waals surface area contributed by atoms with E-state index >= 15 is 0 Å². The number of methoxy groups -OCH3 is 1. The van der Waals surface area contributed by atoms with Crippen molar-refractivity contribution in [3.8, 4) is 5.75 Å². The zero-order chi connectivity index (χ0) is 17.3. The number of aryl methyl sites for hydroxylation is 1. The molecule has 2 rings (SSSR count). The first-order valence-electron chi connectivity index (χ1n) is 8.09. The highest BCUT2D eigenvalue weighted by Gasteiger charge is 2.40. The molecule has 1 aromatic rings. The largest absolute Gasteiger partial charge is 0.496 e. The van der Waals surface area contributed by atoms with E-state index in [0.717, 1.165) is 12.0 Å². The van der Waals surface area contributed by atoms with Crippen LogP contribution in [-0.4, -0.2) is 25.3 Å². The second-order valence-electron chi connectivity index (χ2n) is 7.93. The lowest BCUT2D eigenvalue weighted by Crippen LogP contribution is -2.43. The Morgan fingerprint density at radius 1 is 1.26 bits per heavy atom. The molecule has 1 aliphatic rings. The number of ketones is 1. The van der Waals surface area contributed by atoms with Gasteiger partial charge >= 0.3 is 0 Å². The maximum atomic E-state index is 12.5. The smallest absolute Gasteiger partial charge is 0.255 e. The molecule has 0 aromatic heterocycles. The highest BCUT2D eigenvalue weighted by molar-refractivity contribution is 5.97. The van der Waals surface area contributed by atoms with Crippen molar-refractivity contribution in [1.82, 2.24) is 5.32 Å². The van der Waals surface area contributed by atoms with Crippen molar-refractivity contribution in [3.63, 3.8) is 0 Å². The van der Waals surface area contributed by atoms with Gasteiger partial charge in [-0.3, -0.25) is 9.59 Å². The predicted octanol–water partition coefficient (Wildman–Crippen LogP) is 3.52. The maximum Gasteiger partial charge on any atom is 0.255 e. The molecule has 1 atom stereocenters. The molecular weight excluding hydrogens is 290 g/mol. The third kappa shape index (κ3) is 4.34. The Labute approximate surface area is 138 Å². The van der Waals surface area contributed by atoms with Gasteiger partial charge in [-0.2, -0.15) is 0 Å². The SMILES string of the molecule is COc1ccc(C)cc1C(=O)NCC1(C)CC(=O)CC(C)(C)C1. The average molecular weight is 317 g/mol. The third-order valence-corrected chi connectivity index (χ3v) is 4.48. The molecule has 23 heavy (non-hydrogen) atoms. The average Bonchev–Trinajstić information content (AvgIpc) is 2.42. The summed E-state index contributed by atoms with van der Waals surface area (Å²) >= 11 is 0. The van der Waals surface area contributed by atoms with Gasteiger partial charge in [-0.05, 0) is 36.3 Å². The molecule has 1 unspecified atom stereocenters. The number of carbonyl (C=O) groups excluding carboxylic acids is 2. The van der Waals surface area contributed by atoms with Crippen LogP contribution in [0.3, 0.4) is 0 Å². The summed E-state index contributed by atoms with van der Waals surface area (Å²) in [6, 6.07) is 5.55. The van der Waals surface area contributed by atoms with Crippen molar-refractivity contribution in [2.75, 3.05) is 13.7 Å². The highest BCUT2D eigenvalue weighted by Crippen LogP contribution is 2.44. The van der Waals surface area contributed by atoms with Crippen molar-refractivity contribution >= 4 is 11.7 Å². The molecule has 0 aliphatic heterocycles. The lowest BCUT2D eigenvalue weighted by molar-refractivity contribution is -0.127. The highest BCUT2D eigenvalue weighted by atomic mass is 16.5. The van der Waals surface area contributed by atoms with Gasteiger partial charge in [-0.15, -0.1) is 0 Å². The molecule has 0 spiro atoms. The van der Waals surface area contributed by atoms with Crippen molar-refractivity contribution in [2.45, 2.75) is 47.0 Å². The Morgan fingerprint density at radius 2 is 1.96 bits per heavy atom. The number of hydrogen-bond acceptors (Lipinski definition) is 3. The molecule has 0 heterocycles. The van der Waals surface area contributed by atoms with E-state index in [1.165, 1.54) is 0 Å². The topological polar surface area (TPSA) is 55.4 Å². The Hall–Kier alpha value is -1.84. The van der Waals surface area contributed by atoms with Gasteiger partial charge in [-0.25, -0.2) is 0 Å². The number of benzene rings is 1. The van der Waals surface area contributed by atoms with Gasteiger partial charge in [0, 0.05) is 19.4 Å². The molecule has 0 bridgehead atoms. The van der Waals surface area contributed by atoms with Gasteiger partial charge in [0.2, 0.25) is 0 Å². The standard InChI is InChI=1S/C19H27NO3/c1-13-6-7-16(23-5)15(8-13)17(22)20-12-19(4)10-14(21)9-18(2,3)11-19/h6-8H,9-12H2,1-5H3,(H,20,22). The number of amides is 1. The molecule has 1 amide bonds. The van der Waals surface area contributed by atoms with E-state index in [2.05, 4.69) is 26.1 Å². The Morgan fingerprint density at radius 3 is 2.57 bits per heavy atom. The van der Waals surface area contributed by atoms with Crippen LogP contribution in [0, 0.1) is 17.8 Å². The van der Waals surface area contributed by atoms with Crippen LogP contribution < -0.4 is 10.1 Å². The van der Waals surface area contributed by atoms with Crippen LogP contribution in [0.5, 0.6) is 5.75 Å². The zero-order valence-electron chi connectivity index (χ0n) is 14.8. The summed E-state index contributed by atoms with van der Waals surface area (Å²) in [6.07, 6.45) is 2.08. The summed E-state index contributed by atoms with van der Waals surface area (Å²) in [6.45, 7) is 8.76. The molecule has 1 aromatic carbocycles. The third-order valence-electron chi connectivity index (χ3n) is 4.48. The van der Waals surface area contributed by atoms with E-state index in [4.69, 9.17) is 4.74 Å². The summed E-state index contributed by atoms with van der Waals surface area (Å²) in [4.78, 5) is 24.5. The summed E-state index contributed by atoms with van der Waals surface area (Å²) in [5.41, 5.74) is 1.36. The molecule has 0 saturated heterocycles. The van der Waals surface area contributed by atoms with Gasteiger partial charge < -0.3 is 10.1 Å². The van der Waals surface area contributed by atoms with E-state index < -0.39 is 0 Å². The maximum absolute atomic E-state index is 12.5. The molecule has 1 saturated carbocycles. The van der Waals surface area contributed by atoms with Crippen LogP contribution >= 0.6 is 0 Å². The van der Waals surface area contributed by atoms with Gasteiger partial charge in [-0.1, -0.05) is 32.4 Å². The van der Waals surface area contributed by atoms with Crippen molar-refractivity contribution < 1.29 is 14.3 Å². The van der Waals surface area contributed by atoms with E-state index in [1.807, 2.05) is 19.1 Å². The van der Waals surface area contributed by atoms with Crippen LogP contribution in [0.2, 0.25) is 0 Å². The van der Waals surface area contributed by atoms with Crippen LogP contribution in [-0.2, 0) is 4.79 Å². The predicted molar refractivity (Wildman–Crippen MR) is 90.8 cm³/mol. The molecular formula is C19H27NO3. The van der Waals surface area contributed by atoms with Crippen molar-refractivity contribution in [3.05, 3.63) is 29.3 Å². The minimum absolute atomic E-state index is 0.00413. The fraction of sp³-hybridized carbons (Fsp3) is 0.579. The Kier molecular flexibility index (Phi) is 4.83. The van der Waals surface area contributed by atoms with Crippen LogP contribution in [0.4, 0.5) is 0 Å². The second kappa shape index (κ2) is 6.34. The number of hydrogen-bond donors (Lipinski definition) is 1. The summed E-state index contributed by atoms with van der Waals surface area (Å²) < 4.78 is 5.27. The molecule has 4 nitrogen and oxygen atoms in total. The fourth-order valence-corrected chi connectivity index (χ4v) is 3.87. The number of carbonyl (C=O) groups is 2. The van der Waals surface area contributed by atoms with Crippen molar-refractivity contribution in [2.24, 2.45) is 10.8 Å². The first kappa shape index (κ1) is 17.5. The van der Waals surface area contributed by atoms with Crippen LogP contribution in [0.1, 0.15) is 56.0 Å². The number of rotatable bonds is 4.